The van der Waals surface area contributed by atoms with Crippen LogP contribution < -0.4 is 5.32 Å². The third-order valence-electron chi connectivity index (χ3n) is 2.84. The zero-order chi connectivity index (χ0) is 17.4. The highest BCUT2D eigenvalue weighted by molar-refractivity contribution is 9.10. The van der Waals surface area contributed by atoms with Crippen LogP contribution in [0, 0.1) is 0 Å². The van der Waals surface area contributed by atoms with Crippen molar-refractivity contribution in [1.29, 1.82) is 0 Å². The second-order valence-corrected chi connectivity index (χ2v) is 6.99. The van der Waals surface area contributed by atoms with Crippen LogP contribution in [0.3, 0.4) is 0 Å². The van der Waals surface area contributed by atoms with Crippen molar-refractivity contribution >= 4 is 38.6 Å². The van der Waals surface area contributed by atoms with Gasteiger partial charge in [-0.1, -0.05) is 15.9 Å². The molecule has 1 N–H and O–H groups in total. The topological polar surface area (TPSA) is 43.3 Å². The van der Waals surface area contributed by atoms with E-state index < -0.39 is 24.4 Å². The second kappa shape index (κ2) is 6.07. The molecule has 23 heavy (non-hydrogen) atoms. The normalized spacial score (nSPS) is 12.5. The van der Waals surface area contributed by atoms with Gasteiger partial charge in [-0.3, -0.25) is 5.32 Å². The van der Waals surface area contributed by atoms with Crippen molar-refractivity contribution in [1.82, 2.24) is 4.57 Å². The van der Waals surface area contributed by atoms with Crippen LogP contribution in [-0.4, -0.2) is 22.4 Å². The first-order chi connectivity index (χ1) is 10.4. The van der Waals surface area contributed by atoms with Gasteiger partial charge in [0, 0.05) is 16.1 Å². The monoisotopic (exact) mass is 392 g/mol. The zero-order valence-electron chi connectivity index (χ0n) is 12.8. The van der Waals surface area contributed by atoms with Gasteiger partial charge in [0.05, 0.1) is 11.2 Å². The predicted octanol–water partition coefficient (Wildman–Crippen LogP) is 5.31. The molecule has 4 nitrogen and oxygen atoms in total. The lowest BCUT2D eigenvalue weighted by Gasteiger charge is -2.20. The summed E-state index contributed by atoms with van der Waals surface area (Å²) in [5.74, 6) is 0. The van der Waals surface area contributed by atoms with E-state index >= 15 is 0 Å². The van der Waals surface area contributed by atoms with Gasteiger partial charge in [-0.2, -0.15) is 13.2 Å². The Kier molecular flexibility index (Phi) is 4.66. The van der Waals surface area contributed by atoms with Crippen LogP contribution in [0.1, 0.15) is 20.8 Å². The smallest absolute Gasteiger partial charge is 0.412 e. The zero-order valence-corrected chi connectivity index (χ0v) is 14.4. The molecule has 1 aromatic carbocycles. The van der Waals surface area contributed by atoms with E-state index in [1.165, 1.54) is 12.3 Å². The predicted molar refractivity (Wildman–Crippen MR) is 85.5 cm³/mol. The third-order valence-corrected chi connectivity index (χ3v) is 3.30. The minimum Gasteiger partial charge on any atom is -0.444 e. The number of halogens is 4. The van der Waals surface area contributed by atoms with Crippen LogP contribution in [0.4, 0.5) is 23.7 Å². The van der Waals surface area contributed by atoms with E-state index in [1.54, 1.807) is 32.9 Å². The quantitative estimate of drug-likeness (QED) is 0.751. The minimum atomic E-state index is -4.33. The summed E-state index contributed by atoms with van der Waals surface area (Å²) in [4.78, 5) is 11.9. The average molecular weight is 393 g/mol. The summed E-state index contributed by atoms with van der Waals surface area (Å²) in [6, 6.07) is 4.71. The van der Waals surface area contributed by atoms with Crippen molar-refractivity contribution in [3.8, 4) is 0 Å². The number of fused-ring (bicyclic) bond motifs is 1. The van der Waals surface area contributed by atoms with Crippen molar-refractivity contribution in [3.63, 3.8) is 0 Å². The second-order valence-electron chi connectivity index (χ2n) is 6.07. The molecule has 0 radical (unpaired) electrons. The molecule has 2 aromatic rings. The fourth-order valence-electron chi connectivity index (χ4n) is 2.11. The van der Waals surface area contributed by atoms with Gasteiger partial charge in [0.25, 0.3) is 0 Å². The standard InChI is InChI=1S/C15H16BrF3N2O2/c1-14(2,3)23-13(22)20-11-6-9(16)7-12-10(11)4-5-21(12)8-15(17,18)19/h4-7H,8H2,1-3H3,(H,20,22). The summed E-state index contributed by atoms with van der Waals surface area (Å²) in [5, 5.41) is 3.08. The third kappa shape index (κ3) is 4.89. The number of amides is 1. The molecule has 0 saturated heterocycles. The number of hydrogen-bond donors (Lipinski definition) is 1. The summed E-state index contributed by atoms with van der Waals surface area (Å²) in [6.45, 7) is 4.08. The van der Waals surface area contributed by atoms with Gasteiger partial charge in [0.1, 0.15) is 12.1 Å². The number of anilines is 1. The number of alkyl halides is 3. The molecular weight excluding hydrogens is 377 g/mol. The summed E-state index contributed by atoms with van der Waals surface area (Å²) < 4.78 is 44.7. The molecule has 0 unspecified atom stereocenters. The maximum absolute atomic E-state index is 12.6. The molecule has 1 amide bonds. The molecule has 2 rings (SSSR count). The highest BCUT2D eigenvalue weighted by Crippen LogP contribution is 2.31. The Hall–Kier alpha value is -1.70. The number of benzene rings is 1. The number of aromatic nitrogens is 1. The first-order valence-corrected chi connectivity index (χ1v) is 7.59. The number of rotatable bonds is 2. The van der Waals surface area contributed by atoms with Crippen molar-refractivity contribution in [3.05, 3.63) is 28.9 Å². The first-order valence-electron chi connectivity index (χ1n) is 6.80. The molecule has 8 heteroatoms. The van der Waals surface area contributed by atoms with E-state index in [-0.39, 0.29) is 0 Å². The lowest BCUT2D eigenvalue weighted by molar-refractivity contribution is -0.139. The minimum absolute atomic E-state index is 0.364. The molecule has 0 spiro atoms. The van der Waals surface area contributed by atoms with E-state index in [0.29, 0.717) is 21.1 Å². The molecule has 0 saturated carbocycles. The van der Waals surface area contributed by atoms with Gasteiger partial charge < -0.3 is 9.30 Å². The lowest BCUT2D eigenvalue weighted by Crippen LogP contribution is -2.27. The van der Waals surface area contributed by atoms with Crippen molar-refractivity contribution in [2.45, 2.75) is 39.1 Å². The van der Waals surface area contributed by atoms with Crippen LogP contribution in [-0.2, 0) is 11.3 Å². The Morgan fingerprint density at radius 1 is 1.30 bits per heavy atom. The van der Waals surface area contributed by atoms with E-state index in [2.05, 4.69) is 21.2 Å². The maximum Gasteiger partial charge on any atom is 0.412 e. The Balaban J connectivity index is 2.36. The fourth-order valence-corrected chi connectivity index (χ4v) is 2.56. The Morgan fingerprint density at radius 2 is 1.96 bits per heavy atom. The van der Waals surface area contributed by atoms with Crippen LogP contribution in [0.2, 0.25) is 0 Å². The van der Waals surface area contributed by atoms with E-state index in [4.69, 9.17) is 4.74 Å². The van der Waals surface area contributed by atoms with Gasteiger partial charge in [-0.05, 0) is 39.0 Å². The average Bonchev–Trinajstić information content (AvgIpc) is 2.67. The molecule has 0 atom stereocenters. The molecule has 0 aliphatic carbocycles. The van der Waals surface area contributed by atoms with Crippen molar-refractivity contribution < 1.29 is 22.7 Å². The van der Waals surface area contributed by atoms with Gasteiger partial charge in [0.15, 0.2) is 0 Å². The number of nitrogens with one attached hydrogen (secondary N) is 1. The van der Waals surface area contributed by atoms with Gasteiger partial charge in [0.2, 0.25) is 0 Å². The van der Waals surface area contributed by atoms with E-state index in [1.807, 2.05) is 0 Å². The SMILES string of the molecule is CC(C)(C)OC(=O)Nc1cc(Br)cc2c1ccn2CC(F)(F)F. The van der Waals surface area contributed by atoms with Gasteiger partial charge in [-0.15, -0.1) is 0 Å². The van der Waals surface area contributed by atoms with Gasteiger partial charge in [-0.25, -0.2) is 4.79 Å². The van der Waals surface area contributed by atoms with Crippen LogP contribution in [0.5, 0.6) is 0 Å². The highest BCUT2D eigenvalue weighted by atomic mass is 79.9. The van der Waals surface area contributed by atoms with Crippen LogP contribution in [0.15, 0.2) is 28.9 Å². The van der Waals surface area contributed by atoms with Crippen molar-refractivity contribution in [2.75, 3.05) is 5.32 Å². The molecule has 0 fully saturated rings. The fraction of sp³-hybridized carbons (Fsp3) is 0.400. The lowest BCUT2D eigenvalue weighted by atomic mass is 10.2. The summed E-state index contributed by atoms with van der Waals surface area (Å²) in [6.07, 6.45) is -3.65. The molecular formula is C15H16BrF3N2O2. The number of ether oxygens (including phenoxy) is 1. The molecule has 1 aromatic heterocycles. The Bertz CT molecular complexity index is 733. The number of carbonyl (C=O) groups is 1. The summed E-state index contributed by atoms with van der Waals surface area (Å²) >= 11 is 3.25. The van der Waals surface area contributed by atoms with Crippen LogP contribution in [0.25, 0.3) is 10.9 Å². The van der Waals surface area contributed by atoms with Crippen molar-refractivity contribution in [2.24, 2.45) is 0 Å². The molecule has 0 aliphatic heterocycles. The molecule has 0 bridgehead atoms. The molecule has 1 heterocycles. The largest absolute Gasteiger partial charge is 0.444 e. The molecule has 0 aliphatic rings. The Labute approximate surface area is 139 Å². The first kappa shape index (κ1) is 17.7. The number of carbonyl (C=O) groups excluding carboxylic acids is 1. The summed E-state index contributed by atoms with van der Waals surface area (Å²) in [5.41, 5.74) is 0.0737. The maximum atomic E-state index is 12.6. The number of nitrogens with zero attached hydrogens (tertiary/aromatic N) is 1. The van der Waals surface area contributed by atoms with E-state index in [9.17, 15) is 18.0 Å². The van der Waals surface area contributed by atoms with Gasteiger partial charge >= 0.3 is 12.3 Å². The number of hydrogen-bond acceptors (Lipinski definition) is 2. The highest BCUT2D eigenvalue weighted by Gasteiger charge is 2.28. The molecule has 126 valence electrons. The van der Waals surface area contributed by atoms with Crippen LogP contribution >= 0.6 is 15.9 Å². The summed E-state index contributed by atoms with van der Waals surface area (Å²) in [7, 11) is 0. The Morgan fingerprint density at radius 3 is 2.52 bits per heavy atom. The van der Waals surface area contributed by atoms with E-state index in [0.717, 1.165) is 4.57 Å².